The first kappa shape index (κ1) is 34.7. The summed E-state index contributed by atoms with van der Waals surface area (Å²) in [6.45, 7) is 8.20. The Hall–Kier alpha value is -4.12. The average Bonchev–Trinajstić information content (AvgIpc) is 3.54. The first-order chi connectivity index (χ1) is 23.8. The van der Waals surface area contributed by atoms with Crippen LogP contribution < -0.4 is 21.3 Å². The van der Waals surface area contributed by atoms with Crippen LogP contribution in [0.15, 0.2) is 66.9 Å². The first-order valence-corrected chi connectivity index (χ1v) is 17.9. The molecule has 10 heteroatoms. The number of nitrogens with zero attached hydrogens (tertiary/aromatic N) is 3. The molecule has 1 aliphatic carbocycles. The lowest BCUT2D eigenvalue weighted by Gasteiger charge is -2.42. The van der Waals surface area contributed by atoms with E-state index >= 15 is 0 Å². The zero-order valence-electron chi connectivity index (χ0n) is 29.0. The van der Waals surface area contributed by atoms with Gasteiger partial charge < -0.3 is 31.1 Å². The molecule has 6 rings (SSSR count). The summed E-state index contributed by atoms with van der Waals surface area (Å²) in [7, 11) is 1.91. The molecule has 3 aromatic rings. The maximum absolute atomic E-state index is 14.4. The van der Waals surface area contributed by atoms with Crippen LogP contribution in [-0.4, -0.2) is 78.8 Å². The highest BCUT2D eigenvalue weighted by Crippen LogP contribution is 2.35. The smallest absolute Gasteiger partial charge is 0.244 e. The fourth-order valence-electron chi connectivity index (χ4n) is 7.65. The van der Waals surface area contributed by atoms with E-state index in [1.165, 1.54) is 12.8 Å². The number of carbonyl (C=O) groups excluding carboxylic acids is 3. The number of pyridine rings is 1. The van der Waals surface area contributed by atoms with Crippen molar-refractivity contribution in [2.75, 3.05) is 56.9 Å². The summed E-state index contributed by atoms with van der Waals surface area (Å²) >= 11 is 0. The zero-order valence-corrected chi connectivity index (χ0v) is 29.0. The Morgan fingerprint density at radius 3 is 2.41 bits per heavy atom. The van der Waals surface area contributed by atoms with Gasteiger partial charge in [-0.3, -0.25) is 14.4 Å². The molecule has 3 heterocycles. The van der Waals surface area contributed by atoms with Gasteiger partial charge in [0.25, 0.3) is 0 Å². The molecule has 3 amide bonds. The predicted molar refractivity (Wildman–Crippen MR) is 193 cm³/mol. The summed E-state index contributed by atoms with van der Waals surface area (Å²) in [6, 6.07) is 19.4. The van der Waals surface area contributed by atoms with E-state index in [4.69, 9.17) is 0 Å². The zero-order chi connectivity index (χ0) is 34.2. The molecule has 0 bridgehead atoms. The number of likely N-dealkylation sites (tertiary alicyclic amines) is 1. The maximum atomic E-state index is 14.4. The van der Waals surface area contributed by atoms with E-state index in [0.29, 0.717) is 37.4 Å². The van der Waals surface area contributed by atoms with Crippen LogP contribution in [0.3, 0.4) is 0 Å². The molecule has 0 saturated carbocycles. The topological polar surface area (TPSA) is 119 Å². The maximum Gasteiger partial charge on any atom is 0.244 e. The summed E-state index contributed by atoms with van der Waals surface area (Å²) in [5.41, 5.74) is 4.47. The molecule has 2 aliphatic heterocycles. The number of rotatable bonds is 12. The number of aromatic nitrogens is 1. The molecule has 0 spiro atoms. The molecule has 10 nitrogen and oxygen atoms in total. The highest BCUT2D eigenvalue weighted by Gasteiger charge is 2.40. The van der Waals surface area contributed by atoms with Crippen LogP contribution in [0.5, 0.6) is 0 Å². The Balaban J connectivity index is 1.11. The van der Waals surface area contributed by atoms with Gasteiger partial charge in [0.15, 0.2) is 0 Å². The quantitative estimate of drug-likeness (QED) is 0.229. The van der Waals surface area contributed by atoms with Crippen LogP contribution in [0.2, 0.25) is 0 Å². The van der Waals surface area contributed by atoms with Crippen molar-refractivity contribution in [1.29, 1.82) is 0 Å². The lowest BCUT2D eigenvalue weighted by molar-refractivity contribution is -0.146. The molecule has 260 valence electrons. The van der Waals surface area contributed by atoms with Gasteiger partial charge in [-0.15, -0.1) is 0 Å². The Labute approximate surface area is 290 Å². The molecular formula is C39H51N7O3. The number of piperidine rings is 2. The minimum Gasteiger partial charge on any atom is -0.329 e. The van der Waals surface area contributed by atoms with Gasteiger partial charge in [0.1, 0.15) is 12.4 Å². The lowest BCUT2D eigenvalue weighted by Crippen LogP contribution is -2.51. The van der Waals surface area contributed by atoms with E-state index in [2.05, 4.69) is 50.2 Å². The molecule has 4 N–H and O–H groups in total. The van der Waals surface area contributed by atoms with Crippen LogP contribution in [-0.2, 0) is 40.3 Å². The van der Waals surface area contributed by atoms with Gasteiger partial charge in [-0.05, 0) is 124 Å². The van der Waals surface area contributed by atoms with E-state index in [0.717, 1.165) is 73.7 Å². The minimum absolute atomic E-state index is 0.0344. The number of nitrogens with one attached hydrogen (secondary N) is 4. The number of amides is 3. The van der Waals surface area contributed by atoms with Gasteiger partial charge in [0, 0.05) is 42.9 Å². The Morgan fingerprint density at radius 2 is 1.67 bits per heavy atom. The molecule has 1 atom stereocenters. The third-order valence-corrected chi connectivity index (χ3v) is 10.6. The van der Waals surface area contributed by atoms with Crippen molar-refractivity contribution in [2.24, 2.45) is 17.3 Å². The van der Waals surface area contributed by atoms with E-state index in [-0.39, 0.29) is 30.2 Å². The molecule has 1 aromatic heterocycles. The van der Waals surface area contributed by atoms with E-state index < -0.39 is 5.41 Å². The predicted octanol–water partition coefficient (Wildman–Crippen LogP) is 4.22. The molecule has 2 fully saturated rings. The first-order valence-electron chi connectivity index (χ1n) is 17.9. The van der Waals surface area contributed by atoms with Crippen molar-refractivity contribution < 1.29 is 14.4 Å². The summed E-state index contributed by atoms with van der Waals surface area (Å²) in [4.78, 5) is 49.5. The van der Waals surface area contributed by atoms with Crippen LogP contribution >= 0.6 is 0 Å². The van der Waals surface area contributed by atoms with Crippen LogP contribution in [0, 0.1) is 17.3 Å². The minimum atomic E-state index is -0.527. The van der Waals surface area contributed by atoms with Gasteiger partial charge in [0.2, 0.25) is 17.7 Å². The lowest BCUT2D eigenvalue weighted by atomic mass is 9.78. The normalized spacial score (nSPS) is 19.2. The largest absolute Gasteiger partial charge is 0.329 e. The second-order valence-corrected chi connectivity index (χ2v) is 14.4. The standard InChI is InChI=1S/C39H51N7O3/c1-39(14-19-45(20-15-39)25-28-12-17-41-18-13-28)38(49)46(26-31-8-4-3-7-30(31)24-40-2)27-36(47)43-34-11-10-29-21-33(22-32(29)23-34)37(48)44-35-9-5-6-16-42-35/h3-11,16,23,28,33,40-41H,12-15,17-22,24-27H2,1-2H3,(H,43,47)(H,42,44,48)/t33-/m1/s1. The fraction of sp³-hybridized carbons (Fsp3) is 0.487. The molecular weight excluding hydrogens is 614 g/mol. The van der Waals surface area contributed by atoms with Crippen molar-refractivity contribution in [3.05, 3.63) is 89.1 Å². The summed E-state index contributed by atoms with van der Waals surface area (Å²) < 4.78 is 0. The highest BCUT2D eigenvalue weighted by molar-refractivity contribution is 5.96. The molecule has 0 unspecified atom stereocenters. The third kappa shape index (κ3) is 8.92. The van der Waals surface area contributed by atoms with Crippen molar-refractivity contribution >= 4 is 29.2 Å². The van der Waals surface area contributed by atoms with Crippen molar-refractivity contribution in [3.63, 3.8) is 0 Å². The molecule has 3 aliphatic rings. The molecule has 49 heavy (non-hydrogen) atoms. The van der Waals surface area contributed by atoms with Crippen molar-refractivity contribution in [3.8, 4) is 0 Å². The molecule has 2 aromatic carbocycles. The van der Waals surface area contributed by atoms with Crippen molar-refractivity contribution in [2.45, 2.75) is 58.5 Å². The van der Waals surface area contributed by atoms with Gasteiger partial charge in [0.05, 0.1) is 0 Å². The SMILES string of the molecule is CNCc1ccccc1CN(CC(=O)Nc1ccc2c(c1)C[C@H](C(=O)Nc1ccccn1)C2)C(=O)C1(C)CCN(CC2CCNCC2)CC1. The summed E-state index contributed by atoms with van der Waals surface area (Å²) in [5.74, 6) is 0.826. The monoisotopic (exact) mass is 665 g/mol. The van der Waals surface area contributed by atoms with Gasteiger partial charge in [-0.1, -0.05) is 43.3 Å². The van der Waals surface area contributed by atoms with E-state index in [9.17, 15) is 14.4 Å². The summed E-state index contributed by atoms with van der Waals surface area (Å²) in [6.07, 6.45) is 6.90. The highest BCUT2D eigenvalue weighted by atomic mass is 16.2. The number of fused-ring (bicyclic) bond motifs is 1. The summed E-state index contributed by atoms with van der Waals surface area (Å²) in [5, 5.41) is 12.7. The van der Waals surface area contributed by atoms with Gasteiger partial charge in [-0.2, -0.15) is 0 Å². The van der Waals surface area contributed by atoms with Gasteiger partial charge in [-0.25, -0.2) is 4.98 Å². The number of hydrogen-bond donors (Lipinski definition) is 4. The number of benzene rings is 2. The Bertz CT molecular complexity index is 1600. The molecule has 2 saturated heterocycles. The number of anilines is 2. The Kier molecular flexibility index (Phi) is 11.4. The van der Waals surface area contributed by atoms with Crippen LogP contribution in [0.25, 0.3) is 0 Å². The number of carbonyl (C=O) groups is 3. The number of hydrogen-bond acceptors (Lipinski definition) is 7. The average molecular weight is 666 g/mol. The second kappa shape index (κ2) is 16.1. The second-order valence-electron chi connectivity index (χ2n) is 14.4. The van der Waals surface area contributed by atoms with E-state index in [1.807, 2.05) is 49.5 Å². The fourth-order valence-corrected chi connectivity index (χ4v) is 7.65. The van der Waals surface area contributed by atoms with E-state index in [1.54, 1.807) is 17.2 Å². The van der Waals surface area contributed by atoms with Crippen LogP contribution in [0.1, 0.15) is 54.9 Å². The van der Waals surface area contributed by atoms with Crippen LogP contribution in [0.4, 0.5) is 11.5 Å². The Morgan fingerprint density at radius 1 is 0.939 bits per heavy atom. The van der Waals surface area contributed by atoms with Gasteiger partial charge >= 0.3 is 0 Å². The molecule has 0 radical (unpaired) electrons. The van der Waals surface area contributed by atoms with Crippen molar-refractivity contribution in [1.82, 2.24) is 25.4 Å². The third-order valence-electron chi connectivity index (χ3n) is 10.6.